The molecule has 0 bridgehead atoms. The summed E-state index contributed by atoms with van der Waals surface area (Å²) in [6.45, 7) is 7.21. The van der Waals surface area contributed by atoms with E-state index in [2.05, 4.69) is 65.8 Å². The molecule has 25 heavy (non-hydrogen) atoms. The first-order valence-electron chi connectivity index (χ1n) is 8.85. The van der Waals surface area contributed by atoms with Gasteiger partial charge in [0.15, 0.2) is 0 Å². The number of rotatable bonds is 2. The van der Waals surface area contributed by atoms with Crippen LogP contribution in [-0.2, 0) is 32.7 Å². The van der Waals surface area contributed by atoms with E-state index in [1.165, 1.54) is 11.4 Å². The molecule has 4 heterocycles. The molecule has 6 heteroatoms. The van der Waals surface area contributed by atoms with Crippen LogP contribution in [0.25, 0.3) is 0 Å². The summed E-state index contributed by atoms with van der Waals surface area (Å²) < 4.78 is 4.41. The van der Waals surface area contributed by atoms with E-state index in [1.807, 2.05) is 18.6 Å². The van der Waals surface area contributed by atoms with Gasteiger partial charge < -0.3 is 14.5 Å². The molecule has 0 spiro atoms. The average Bonchev–Trinajstić information content (AvgIpc) is 3.32. The number of imidazole rings is 2. The maximum Gasteiger partial charge on any atom is 0.122 e. The molecule has 1 N–H and O–H groups in total. The topological polar surface area (TPSA) is 50.9 Å². The summed E-state index contributed by atoms with van der Waals surface area (Å²) in [5.41, 5.74) is 1.38. The SMILES string of the molecule is c1ccc(CN2CCn3ccnc3C2)cc1.c1cn2c(n1)CNCC2. The fraction of sp³-hybridized carbons (Fsp3) is 0.368. The predicted octanol–water partition coefficient (Wildman–Crippen LogP) is 1.89. The number of nitrogens with one attached hydrogen (secondary N) is 1. The Morgan fingerprint density at radius 2 is 1.64 bits per heavy atom. The van der Waals surface area contributed by atoms with Crippen LogP contribution in [0.1, 0.15) is 17.2 Å². The lowest BCUT2D eigenvalue weighted by Gasteiger charge is -2.27. The molecule has 0 unspecified atom stereocenters. The van der Waals surface area contributed by atoms with Crippen molar-refractivity contribution < 1.29 is 0 Å². The number of benzene rings is 1. The van der Waals surface area contributed by atoms with Crippen molar-refractivity contribution in [3.63, 3.8) is 0 Å². The monoisotopic (exact) mass is 336 g/mol. The normalized spacial score (nSPS) is 16.5. The highest BCUT2D eigenvalue weighted by molar-refractivity contribution is 5.14. The molecule has 0 atom stereocenters. The van der Waals surface area contributed by atoms with Crippen LogP contribution in [0.3, 0.4) is 0 Å². The second kappa shape index (κ2) is 7.63. The van der Waals surface area contributed by atoms with Gasteiger partial charge in [0.1, 0.15) is 11.6 Å². The molecule has 2 aliphatic rings. The molecule has 0 fully saturated rings. The van der Waals surface area contributed by atoms with Crippen molar-refractivity contribution in [3.05, 3.63) is 72.3 Å². The van der Waals surface area contributed by atoms with Crippen LogP contribution in [0.5, 0.6) is 0 Å². The van der Waals surface area contributed by atoms with Gasteiger partial charge in [0, 0.05) is 57.5 Å². The third-order valence-electron chi connectivity index (χ3n) is 4.69. The zero-order valence-corrected chi connectivity index (χ0v) is 14.4. The maximum atomic E-state index is 4.37. The molecule has 6 nitrogen and oxygen atoms in total. The Balaban J connectivity index is 0.000000147. The quantitative estimate of drug-likeness (QED) is 0.776. The lowest BCUT2D eigenvalue weighted by molar-refractivity contribution is 0.209. The van der Waals surface area contributed by atoms with Crippen molar-refractivity contribution in [3.8, 4) is 0 Å². The van der Waals surface area contributed by atoms with Crippen LogP contribution >= 0.6 is 0 Å². The fourth-order valence-corrected chi connectivity index (χ4v) is 3.31. The Bertz CT molecular complexity index is 771. The lowest BCUT2D eigenvalue weighted by atomic mass is 10.2. The first kappa shape index (κ1) is 16.1. The van der Waals surface area contributed by atoms with Gasteiger partial charge in [0.25, 0.3) is 0 Å². The molecule has 0 saturated carbocycles. The first-order valence-corrected chi connectivity index (χ1v) is 8.85. The molecular weight excluding hydrogens is 312 g/mol. The Labute approximate surface area is 148 Å². The third kappa shape index (κ3) is 3.97. The third-order valence-corrected chi connectivity index (χ3v) is 4.69. The highest BCUT2D eigenvalue weighted by atomic mass is 15.2. The highest BCUT2D eigenvalue weighted by Gasteiger charge is 2.16. The fourth-order valence-electron chi connectivity index (χ4n) is 3.31. The van der Waals surface area contributed by atoms with Gasteiger partial charge >= 0.3 is 0 Å². The van der Waals surface area contributed by atoms with Crippen molar-refractivity contribution in [2.45, 2.75) is 32.7 Å². The van der Waals surface area contributed by atoms with E-state index in [4.69, 9.17) is 0 Å². The van der Waals surface area contributed by atoms with Crippen LogP contribution < -0.4 is 5.32 Å². The Morgan fingerprint density at radius 1 is 0.880 bits per heavy atom. The van der Waals surface area contributed by atoms with Crippen molar-refractivity contribution >= 4 is 0 Å². The molecule has 0 radical (unpaired) electrons. The van der Waals surface area contributed by atoms with E-state index in [-0.39, 0.29) is 0 Å². The van der Waals surface area contributed by atoms with Crippen molar-refractivity contribution in [2.75, 3.05) is 13.1 Å². The van der Waals surface area contributed by atoms with Gasteiger partial charge in [-0.25, -0.2) is 9.97 Å². The highest BCUT2D eigenvalue weighted by Crippen LogP contribution is 2.13. The van der Waals surface area contributed by atoms with Gasteiger partial charge in [-0.3, -0.25) is 4.90 Å². The predicted molar refractivity (Wildman–Crippen MR) is 96.7 cm³/mol. The van der Waals surface area contributed by atoms with Crippen LogP contribution in [0.4, 0.5) is 0 Å². The summed E-state index contributed by atoms with van der Waals surface area (Å²) in [6.07, 6.45) is 7.83. The smallest absolute Gasteiger partial charge is 0.122 e. The summed E-state index contributed by atoms with van der Waals surface area (Å²) >= 11 is 0. The minimum Gasteiger partial charge on any atom is -0.333 e. The summed E-state index contributed by atoms with van der Waals surface area (Å²) in [5.74, 6) is 2.34. The summed E-state index contributed by atoms with van der Waals surface area (Å²) in [6, 6.07) is 10.6. The molecule has 3 aromatic rings. The zero-order valence-electron chi connectivity index (χ0n) is 14.4. The van der Waals surface area contributed by atoms with Crippen molar-refractivity contribution in [1.82, 2.24) is 29.3 Å². The van der Waals surface area contributed by atoms with E-state index in [1.54, 1.807) is 0 Å². The molecule has 2 aromatic heterocycles. The van der Waals surface area contributed by atoms with E-state index in [9.17, 15) is 0 Å². The molecule has 1 aromatic carbocycles. The Kier molecular flexibility index (Phi) is 4.90. The van der Waals surface area contributed by atoms with Gasteiger partial charge in [-0.05, 0) is 5.56 Å². The molecule has 130 valence electrons. The lowest BCUT2D eigenvalue weighted by Crippen LogP contribution is -2.33. The second-order valence-electron chi connectivity index (χ2n) is 6.45. The number of nitrogens with zero attached hydrogens (tertiary/aromatic N) is 5. The number of hydrogen-bond acceptors (Lipinski definition) is 4. The van der Waals surface area contributed by atoms with E-state index >= 15 is 0 Å². The van der Waals surface area contributed by atoms with E-state index in [0.717, 1.165) is 51.6 Å². The summed E-state index contributed by atoms with van der Waals surface area (Å²) in [5, 5.41) is 3.24. The van der Waals surface area contributed by atoms with Crippen molar-refractivity contribution in [1.29, 1.82) is 0 Å². The second-order valence-corrected chi connectivity index (χ2v) is 6.45. The Morgan fingerprint density at radius 3 is 2.44 bits per heavy atom. The minimum absolute atomic E-state index is 0.924. The number of hydrogen-bond donors (Lipinski definition) is 1. The maximum absolute atomic E-state index is 4.37. The molecule has 2 aliphatic heterocycles. The minimum atomic E-state index is 0.924. The number of aromatic nitrogens is 4. The van der Waals surface area contributed by atoms with Gasteiger partial charge in [-0.1, -0.05) is 30.3 Å². The van der Waals surface area contributed by atoms with Gasteiger partial charge in [0.2, 0.25) is 0 Å². The molecular formula is C19H24N6. The molecule has 0 aliphatic carbocycles. The van der Waals surface area contributed by atoms with Crippen LogP contribution in [-0.4, -0.2) is 37.1 Å². The van der Waals surface area contributed by atoms with E-state index < -0.39 is 0 Å². The standard InChI is InChI=1S/C13H15N3.C6H9N3/c1-2-4-12(5-3-1)10-15-8-9-16-7-6-14-13(16)11-15;1-3-9-4-2-8-6(9)5-7-1/h1-7H,8-11H2;2,4,7H,1,3,5H2. The molecule has 0 amide bonds. The van der Waals surface area contributed by atoms with Crippen LogP contribution in [0.2, 0.25) is 0 Å². The first-order chi connectivity index (χ1) is 12.4. The van der Waals surface area contributed by atoms with Crippen molar-refractivity contribution in [2.24, 2.45) is 0 Å². The zero-order chi connectivity index (χ0) is 16.9. The van der Waals surface area contributed by atoms with Gasteiger partial charge in [0.05, 0.1) is 13.1 Å². The summed E-state index contributed by atoms with van der Waals surface area (Å²) in [4.78, 5) is 11.0. The molecule has 5 rings (SSSR count). The number of fused-ring (bicyclic) bond motifs is 2. The largest absolute Gasteiger partial charge is 0.333 e. The Hall–Kier alpha value is -2.44. The summed E-state index contributed by atoms with van der Waals surface area (Å²) in [7, 11) is 0. The molecule has 0 saturated heterocycles. The van der Waals surface area contributed by atoms with Crippen LogP contribution in [0, 0.1) is 0 Å². The average molecular weight is 336 g/mol. The van der Waals surface area contributed by atoms with Gasteiger partial charge in [-0.15, -0.1) is 0 Å². The van der Waals surface area contributed by atoms with Crippen LogP contribution in [0.15, 0.2) is 55.1 Å². The van der Waals surface area contributed by atoms with E-state index in [0.29, 0.717) is 0 Å². The van der Waals surface area contributed by atoms with Gasteiger partial charge in [-0.2, -0.15) is 0 Å².